The molecule has 0 amide bonds. The molecule has 0 fully saturated rings. The van der Waals surface area contributed by atoms with Crippen LogP contribution in [0.5, 0.6) is 0 Å². The van der Waals surface area contributed by atoms with Crippen molar-refractivity contribution in [3.8, 4) is 0 Å². The van der Waals surface area contributed by atoms with E-state index in [-0.39, 0.29) is 37.5 Å². The fourth-order valence-electron chi connectivity index (χ4n) is 7.67. The maximum absolute atomic E-state index is 12.8. The number of carbonyl (C=O) groups is 3. The lowest BCUT2D eigenvalue weighted by molar-refractivity contribution is -0.166. The van der Waals surface area contributed by atoms with E-state index in [2.05, 4.69) is 118 Å². The van der Waals surface area contributed by atoms with Crippen LogP contribution in [-0.2, 0) is 28.6 Å². The third-order valence-electron chi connectivity index (χ3n) is 12.0. The summed E-state index contributed by atoms with van der Waals surface area (Å²) in [5.41, 5.74) is 0. The van der Waals surface area contributed by atoms with Crippen molar-refractivity contribution in [1.29, 1.82) is 0 Å². The highest BCUT2D eigenvalue weighted by molar-refractivity contribution is 5.71. The molecule has 0 rings (SSSR count). The minimum atomic E-state index is -0.820. The Labute approximate surface area is 431 Å². The van der Waals surface area contributed by atoms with Gasteiger partial charge in [-0.1, -0.05) is 233 Å². The van der Waals surface area contributed by atoms with Crippen molar-refractivity contribution in [2.45, 2.75) is 264 Å². The third kappa shape index (κ3) is 55.0. The van der Waals surface area contributed by atoms with E-state index < -0.39 is 6.10 Å². The van der Waals surface area contributed by atoms with Crippen LogP contribution in [0.4, 0.5) is 0 Å². The van der Waals surface area contributed by atoms with Crippen molar-refractivity contribution >= 4 is 17.9 Å². The van der Waals surface area contributed by atoms with Gasteiger partial charge in [-0.05, 0) is 116 Å². The van der Waals surface area contributed by atoms with Gasteiger partial charge in [0.15, 0.2) is 6.10 Å². The lowest BCUT2D eigenvalue weighted by Gasteiger charge is -2.18. The van der Waals surface area contributed by atoms with Gasteiger partial charge in [-0.3, -0.25) is 14.4 Å². The summed E-state index contributed by atoms with van der Waals surface area (Å²) in [6, 6.07) is 0. The maximum atomic E-state index is 12.8. The molecule has 0 N–H and O–H groups in total. The summed E-state index contributed by atoms with van der Waals surface area (Å²) in [4.78, 5) is 38.1. The zero-order valence-corrected chi connectivity index (χ0v) is 45.5. The Balaban J connectivity index is 4.44. The molecule has 1 atom stereocenters. The summed E-state index contributed by atoms with van der Waals surface area (Å²) < 4.78 is 16.8. The first-order valence-electron chi connectivity index (χ1n) is 28.9. The first kappa shape index (κ1) is 66.1. The molecule has 6 heteroatoms. The van der Waals surface area contributed by atoms with E-state index in [1.165, 1.54) is 103 Å². The largest absolute Gasteiger partial charge is 0.462 e. The quantitative estimate of drug-likeness (QED) is 0.0262. The van der Waals surface area contributed by atoms with Crippen molar-refractivity contribution in [3.05, 3.63) is 109 Å². The molecule has 0 spiro atoms. The smallest absolute Gasteiger partial charge is 0.306 e. The molecule has 70 heavy (non-hydrogen) atoms. The molecule has 0 saturated carbocycles. The number of esters is 3. The number of hydrogen-bond donors (Lipinski definition) is 0. The molecule has 0 aromatic carbocycles. The van der Waals surface area contributed by atoms with Crippen LogP contribution in [0.1, 0.15) is 258 Å². The number of ether oxygens (including phenoxy) is 3. The lowest BCUT2D eigenvalue weighted by Crippen LogP contribution is -2.30. The SMILES string of the molecule is CC/C=C\C/C=C\C/C=C\C/C=C\CCC(=O)OCC(COC(=O)CCCCCCCCCC/C=C\C/C=C\C/C=C\CCCCCCC)OC(=O)CCCCCCC/C=C\C/C=C\CCCCCC. The molecule has 0 aliphatic rings. The highest BCUT2D eigenvalue weighted by atomic mass is 16.6. The Morgan fingerprint density at radius 3 is 0.971 bits per heavy atom. The summed E-state index contributed by atoms with van der Waals surface area (Å²) in [6.45, 7) is 6.41. The normalized spacial score (nSPS) is 12.9. The standard InChI is InChI=1S/C64H106O6/c1-4-7-10-13-16-19-22-25-27-29-30-31-32-33-34-35-37-39-42-45-48-51-54-57-63(66)69-60-61(59-68-62(65)56-53-50-47-44-41-38-24-21-18-15-12-9-6-3)70-64(67)58-55-52-49-46-43-40-36-28-26-23-20-17-14-11-8-5-2/h9,12,18,20-23,25,28-30,32-33,36,38,41,47,50,61H,4-8,10-11,13-17,19,24,26-27,31,34-35,37,39-40,42-46,48-49,51-60H2,1-3H3/b12-9-,21-18-,23-20-,25-22-,30-29-,33-32-,36-28-,41-38-,50-47-. The van der Waals surface area contributed by atoms with Gasteiger partial charge in [0, 0.05) is 19.3 Å². The fraction of sp³-hybridized carbons (Fsp3) is 0.672. The molecule has 0 radical (unpaired) electrons. The Hall–Kier alpha value is -3.93. The summed E-state index contributed by atoms with van der Waals surface area (Å²) >= 11 is 0. The van der Waals surface area contributed by atoms with Gasteiger partial charge in [0.25, 0.3) is 0 Å². The van der Waals surface area contributed by atoms with Crippen LogP contribution in [-0.4, -0.2) is 37.2 Å². The maximum Gasteiger partial charge on any atom is 0.306 e. The van der Waals surface area contributed by atoms with Gasteiger partial charge in [0.1, 0.15) is 13.2 Å². The van der Waals surface area contributed by atoms with Crippen molar-refractivity contribution in [1.82, 2.24) is 0 Å². The number of unbranched alkanes of at least 4 members (excludes halogenated alkanes) is 22. The molecule has 0 aliphatic carbocycles. The minimum Gasteiger partial charge on any atom is -0.462 e. The van der Waals surface area contributed by atoms with Crippen molar-refractivity contribution in [3.63, 3.8) is 0 Å². The molecule has 0 bridgehead atoms. The Morgan fingerprint density at radius 2 is 0.586 bits per heavy atom. The van der Waals surface area contributed by atoms with Crippen molar-refractivity contribution in [2.75, 3.05) is 13.2 Å². The zero-order valence-electron chi connectivity index (χ0n) is 45.5. The van der Waals surface area contributed by atoms with Crippen LogP contribution in [0, 0.1) is 0 Å². The van der Waals surface area contributed by atoms with Gasteiger partial charge in [-0.15, -0.1) is 0 Å². The van der Waals surface area contributed by atoms with Crippen LogP contribution in [0.2, 0.25) is 0 Å². The lowest BCUT2D eigenvalue weighted by atomic mass is 10.1. The van der Waals surface area contributed by atoms with E-state index in [1.54, 1.807) is 0 Å². The van der Waals surface area contributed by atoms with Crippen LogP contribution in [0.25, 0.3) is 0 Å². The summed E-state index contributed by atoms with van der Waals surface area (Å²) in [7, 11) is 0. The second-order valence-electron chi connectivity index (χ2n) is 18.8. The van der Waals surface area contributed by atoms with E-state index in [0.29, 0.717) is 19.3 Å². The Bertz CT molecular complexity index is 1440. The van der Waals surface area contributed by atoms with Gasteiger partial charge in [0.05, 0.1) is 0 Å². The van der Waals surface area contributed by atoms with Crippen LogP contribution >= 0.6 is 0 Å². The topological polar surface area (TPSA) is 78.9 Å². The molecular weight excluding hydrogens is 865 g/mol. The second kappa shape index (κ2) is 57.6. The van der Waals surface area contributed by atoms with E-state index in [1.807, 2.05) is 12.2 Å². The van der Waals surface area contributed by atoms with E-state index in [0.717, 1.165) is 109 Å². The van der Waals surface area contributed by atoms with Crippen molar-refractivity contribution < 1.29 is 28.6 Å². The van der Waals surface area contributed by atoms with Crippen molar-refractivity contribution in [2.24, 2.45) is 0 Å². The highest BCUT2D eigenvalue weighted by Gasteiger charge is 2.19. The second-order valence-corrected chi connectivity index (χ2v) is 18.8. The highest BCUT2D eigenvalue weighted by Crippen LogP contribution is 2.14. The van der Waals surface area contributed by atoms with Gasteiger partial charge < -0.3 is 14.2 Å². The Kier molecular flexibility index (Phi) is 54.4. The molecule has 6 nitrogen and oxygen atoms in total. The molecule has 0 saturated heterocycles. The molecule has 1 unspecified atom stereocenters. The predicted molar refractivity (Wildman–Crippen MR) is 302 cm³/mol. The zero-order chi connectivity index (χ0) is 50.7. The number of allylic oxidation sites excluding steroid dienone is 18. The van der Waals surface area contributed by atoms with Crippen LogP contribution in [0.15, 0.2) is 109 Å². The minimum absolute atomic E-state index is 0.111. The molecule has 0 aliphatic heterocycles. The van der Waals surface area contributed by atoms with E-state index >= 15 is 0 Å². The summed E-state index contributed by atoms with van der Waals surface area (Å²) in [5.74, 6) is -1.02. The molecule has 398 valence electrons. The molecular formula is C64H106O6. The van der Waals surface area contributed by atoms with Crippen LogP contribution in [0.3, 0.4) is 0 Å². The summed E-state index contributed by atoms with van der Waals surface area (Å²) in [5, 5.41) is 0. The predicted octanol–water partition coefficient (Wildman–Crippen LogP) is 19.5. The van der Waals surface area contributed by atoms with Gasteiger partial charge in [0.2, 0.25) is 0 Å². The van der Waals surface area contributed by atoms with E-state index in [9.17, 15) is 14.4 Å². The average molecular weight is 972 g/mol. The third-order valence-corrected chi connectivity index (χ3v) is 12.0. The van der Waals surface area contributed by atoms with Gasteiger partial charge >= 0.3 is 17.9 Å². The average Bonchev–Trinajstić information content (AvgIpc) is 3.36. The number of hydrogen-bond acceptors (Lipinski definition) is 6. The number of rotatable bonds is 51. The van der Waals surface area contributed by atoms with Gasteiger partial charge in [-0.2, -0.15) is 0 Å². The first-order valence-corrected chi connectivity index (χ1v) is 28.9. The van der Waals surface area contributed by atoms with E-state index in [4.69, 9.17) is 14.2 Å². The number of carbonyl (C=O) groups excluding carboxylic acids is 3. The summed E-state index contributed by atoms with van der Waals surface area (Å²) in [6.07, 6.45) is 78.1. The molecule has 0 aromatic heterocycles. The Morgan fingerprint density at radius 1 is 0.300 bits per heavy atom. The first-order chi connectivity index (χ1) is 34.5. The molecule has 0 heterocycles. The molecule has 0 aromatic rings. The van der Waals surface area contributed by atoms with Crippen LogP contribution < -0.4 is 0 Å². The fourth-order valence-corrected chi connectivity index (χ4v) is 7.67. The van der Waals surface area contributed by atoms with Gasteiger partial charge in [-0.25, -0.2) is 0 Å². The monoisotopic (exact) mass is 971 g/mol.